The molecule has 0 bridgehead atoms. The van der Waals surface area contributed by atoms with Crippen LogP contribution in [0.5, 0.6) is 0 Å². The van der Waals surface area contributed by atoms with Gasteiger partial charge in [0.1, 0.15) is 6.29 Å². The number of carbonyl (C=O) groups is 1. The zero-order valence-electron chi connectivity index (χ0n) is 20.8. The Morgan fingerprint density at radius 1 is 0.871 bits per heavy atom. The maximum atomic E-state index is 11.0. The van der Waals surface area contributed by atoms with Crippen LogP contribution < -0.4 is 0 Å². The third-order valence-corrected chi connectivity index (χ3v) is 9.03. The number of carbonyl (C=O) groups excluding carboxylic acids is 1. The van der Waals surface area contributed by atoms with Gasteiger partial charge in [-0.1, -0.05) is 25.0 Å². The van der Waals surface area contributed by atoms with Crippen molar-refractivity contribution < 1.29 is 9.53 Å². The molecule has 0 aromatic rings. The summed E-state index contributed by atoms with van der Waals surface area (Å²) >= 11 is 0. The van der Waals surface area contributed by atoms with E-state index in [0.717, 1.165) is 49.0 Å². The molecule has 0 N–H and O–H groups in total. The number of hydrogen-bond acceptors (Lipinski definition) is 2. The van der Waals surface area contributed by atoms with Crippen LogP contribution >= 0.6 is 0 Å². The third-order valence-electron chi connectivity index (χ3n) is 9.03. The van der Waals surface area contributed by atoms with Gasteiger partial charge in [-0.05, 0) is 133 Å². The van der Waals surface area contributed by atoms with E-state index < -0.39 is 0 Å². The standard InChI is InChI=1S/C29H50O2/c1-4-6-28(27-15-17-29(18-16-27)31-5-2)20-22(3)19-23-7-11-25(12-8-23)26-13-9-24(21-30)10-14-26/h20-21,23-29H,4-19H2,1-3H3/b22-20-. The molecule has 0 aromatic carbocycles. The Bertz CT molecular complexity index is 529. The lowest BCUT2D eigenvalue weighted by molar-refractivity contribution is -0.112. The van der Waals surface area contributed by atoms with Gasteiger partial charge in [0.25, 0.3) is 0 Å². The predicted octanol–water partition coefficient (Wildman–Crippen LogP) is 8.15. The minimum atomic E-state index is 0.366. The van der Waals surface area contributed by atoms with Gasteiger partial charge < -0.3 is 9.53 Å². The second kappa shape index (κ2) is 13.2. The largest absolute Gasteiger partial charge is 0.379 e. The van der Waals surface area contributed by atoms with Crippen LogP contribution in [0, 0.1) is 35.5 Å². The SMILES string of the molecule is CCCC(/C=C(/C)CC1CCC(C2CCC(C=O)CC2)CC1)C1CCC(OCC)CC1. The smallest absolute Gasteiger partial charge is 0.123 e. The summed E-state index contributed by atoms with van der Waals surface area (Å²) in [5, 5.41) is 0. The van der Waals surface area contributed by atoms with Crippen LogP contribution in [0.3, 0.4) is 0 Å². The van der Waals surface area contributed by atoms with E-state index in [-0.39, 0.29) is 0 Å². The molecule has 0 aromatic heterocycles. The molecule has 3 fully saturated rings. The molecule has 3 aliphatic carbocycles. The predicted molar refractivity (Wildman–Crippen MR) is 131 cm³/mol. The van der Waals surface area contributed by atoms with Crippen LogP contribution in [-0.2, 0) is 9.53 Å². The van der Waals surface area contributed by atoms with Gasteiger partial charge >= 0.3 is 0 Å². The highest BCUT2D eigenvalue weighted by atomic mass is 16.5. The Hall–Kier alpha value is -0.630. The van der Waals surface area contributed by atoms with Crippen molar-refractivity contribution in [3.05, 3.63) is 11.6 Å². The summed E-state index contributed by atoms with van der Waals surface area (Å²) < 4.78 is 5.88. The highest BCUT2D eigenvalue weighted by molar-refractivity contribution is 5.53. The zero-order valence-corrected chi connectivity index (χ0v) is 20.8. The van der Waals surface area contributed by atoms with Crippen molar-refractivity contribution in [2.45, 2.75) is 123 Å². The number of rotatable bonds is 10. The molecule has 31 heavy (non-hydrogen) atoms. The van der Waals surface area contributed by atoms with Gasteiger partial charge in [0, 0.05) is 12.5 Å². The normalized spacial score (nSPS) is 36.2. The summed E-state index contributed by atoms with van der Waals surface area (Å²) in [7, 11) is 0. The zero-order chi connectivity index (χ0) is 22.1. The van der Waals surface area contributed by atoms with Crippen molar-refractivity contribution in [3.63, 3.8) is 0 Å². The number of ether oxygens (including phenoxy) is 1. The molecule has 0 radical (unpaired) electrons. The van der Waals surface area contributed by atoms with Crippen LogP contribution in [0.1, 0.15) is 117 Å². The van der Waals surface area contributed by atoms with Gasteiger partial charge in [-0.3, -0.25) is 0 Å². The Morgan fingerprint density at radius 3 is 2.03 bits per heavy atom. The van der Waals surface area contributed by atoms with E-state index in [0.29, 0.717) is 12.0 Å². The molecule has 3 saturated carbocycles. The highest BCUT2D eigenvalue weighted by Crippen LogP contribution is 2.42. The maximum Gasteiger partial charge on any atom is 0.123 e. The molecule has 1 atom stereocenters. The van der Waals surface area contributed by atoms with Gasteiger partial charge in [0.05, 0.1) is 6.10 Å². The second-order valence-corrected chi connectivity index (χ2v) is 11.3. The molecule has 0 amide bonds. The first-order valence-electron chi connectivity index (χ1n) is 13.9. The topological polar surface area (TPSA) is 26.3 Å². The summed E-state index contributed by atoms with van der Waals surface area (Å²) in [6, 6.07) is 0. The quantitative estimate of drug-likeness (QED) is 0.258. The fourth-order valence-corrected chi connectivity index (χ4v) is 7.21. The number of aldehydes is 1. The molecule has 2 nitrogen and oxygen atoms in total. The van der Waals surface area contributed by atoms with E-state index in [1.54, 1.807) is 5.57 Å². The van der Waals surface area contributed by atoms with E-state index in [9.17, 15) is 4.79 Å². The fraction of sp³-hybridized carbons (Fsp3) is 0.897. The monoisotopic (exact) mass is 430 g/mol. The average Bonchev–Trinajstić information content (AvgIpc) is 2.80. The number of allylic oxidation sites excluding steroid dienone is 2. The first-order chi connectivity index (χ1) is 15.1. The van der Waals surface area contributed by atoms with Crippen LogP contribution in [0.4, 0.5) is 0 Å². The lowest BCUT2D eigenvalue weighted by atomic mass is 9.68. The third kappa shape index (κ3) is 7.72. The van der Waals surface area contributed by atoms with E-state index in [1.165, 1.54) is 89.8 Å². The summed E-state index contributed by atoms with van der Waals surface area (Å²) in [6.07, 6.45) is 24.3. The fourth-order valence-electron chi connectivity index (χ4n) is 7.21. The molecule has 2 heteroatoms. The van der Waals surface area contributed by atoms with Crippen molar-refractivity contribution in [1.82, 2.24) is 0 Å². The van der Waals surface area contributed by atoms with Crippen molar-refractivity contribution >= 4 is 6.29 Å². The Kier molecular flexibility index (Phi) is 10.6. The molecular weight excluding hydrogens is 380 g/mol. The first kappa shape index (κ1) is 25.0. The van der Waals surface area contributed by atoms with Gasteiger partial charge in [-0.2, -0.15) is 0 Å². The van der Waals surface area contributed by atoms with Crippen LogP contribution in [-0.4, -0.2) is 19.0 Å². The molecule has 178 valence electrons. The molecule has 3 aliphatic rings. The van der Waals surface area contributed by atoms with Gasteiger partial charge in [0.15, 0.2) is 0 Å². The van der Waals surface area contributed by atoms with E-state index in [4.69, 9.17) is 4.74 Å². The molecule has 0 spiro atoms. The van der Waals surface area contributed by atoms with Crippen molar-refractivity contribution in [1.29, 1.82) is 0 Å². The molecular formula is C29H50O2. The first-order valence-corrected chi connectivity index (χ1v) is 13.9. The van der Waals surface area contributed by atoms with Crippen molar-refractivity contribution in [3.8, 4) is 0 Å². The van der Waals surface area contributed by atoms with Crippen LogP contribution in [0.25, 0.3) is 0 Å². The van der Waals surface area contributed by atoms with Gasteiger partial charge in [0.2, 0.25) is 0 Å². The minimum absolute atomic E-state index is 0.366. The summed E-state index contributed by atoms with van der Waals surface area (Å²) in [5.41, 5.74) is 1.67. The second-order valence-electron chi connectivity index (χ2n) is 11.3. The summed E-state index contributed by atoms with van der Waals surface area (Å²) in [6.45, 7) is 7.77. The summed E-state index contributed by atoms with van der Waals surface area (Å²) in [4.78, 5) is 11.0. The Balaban J connectivity index is 1.43. The Labute approximate surface area is 193 Å². The lowest BCUT2D eigenvalue weighted by Gasteiger charge is -2.37. The molecule has 0 saturated heterocycles. The van der Waals surface area contributed by atoms with E-state index >= 15 is 0 Å². The summed E-state index contributed by atoms with van der Waals surface area (Å²) in [5.74, 6) is 4.80. The number of hydrogen-bond donors (Lipinski definition) is 0. The highest BCUT2D eigenvalue weighted by Gasteiger charge is 2.31. The lowest BCUT2D eigenvalue weighted by Crippen LogP contribution is -2.26. The van der Waals surface area contributed by atoms with Crippen LogP contribution in [0.15, 0.2) is 11.6 Å². The molecule has 0 aliphatic heterocycles. The van der Waals surface area contributed by atoms with Crippen molar-refractivity contribution in [2.24, 2.45) is 35.5 Å². The van der Waals surface area contributed by atoms with E-state index in [1.807, 2.05) is 0 Å². The minimum Gasteiger partial charge on any atom is -0.379 e. The molecule has 0 heterocycles. The molecule has 3 rings (SSSR count). The van der Waals surface area contributed by atoms with Crippen molar-refractivity contribution in [2.75, 3.05) is 6.61 Å². The van der Waals surface area contributed by atoms with E-state index in [2.05, 4.69) is 26.8 Å². The van der Waals surface area contributed by atoms with Gasteiger partial charge in [-0.15, -0.1) is 0 Å². The average molecular weight is 431 g/mol. The van der Waals surface area contributed by atoms with Gasteiger partial charge in [-0.25, -0.2) is 0 Å². The molecule has 1 unspecified atom stereocenters. The Morgan fingerprint density at radius 2 is 1.48 bits per heavy atom. The van der Waals surface area contributed by atoms with Crippen LogP contribution in [0.2, 0.25) is 0 Å². The maximum absolute atomic E-state index is 11.0.